The molecule has 0 spiro atoms. The van der Waals surface area contributed by atoms with Gasteiger partial charge in [-0.15, -0.1) is 0 Å². The van der Waals surface area contributed by atoms with Gasteiger partial charge in [0.25, 0.3) is 5.91 Å². The summed E-state index contributed by atoms with van der Waals surface area (Å²) in [6.45, 7) is 2.87. The van der Waals surface area contributed by atoms with Crippen molar-refractivity contribution in [1.29, 1.82) is 0 Å². The Labute approximate surface area is 207 Å². The average Bonchev–Trinajstić information content (AvgIpc) is 2.84. The first-order chi connectivity index (χ1) is 16.0. The van der Waals surface area contributed by atoms with Crippen LogP contribution in [0.1, 0.15) is 20.7 Å². The van der Waals surface area contributed by atoms with Crippen LogP contribution in [-0.2, 0) is 0 Å². The Morgan fingerprint density at radius 1 is 0.879 bits per heavy atom. The van der Waals surface area contributed by atoms with Crippen LogP contribution in [0.3, 0.4) is 0 Å². The second-order valence-corrected chi connectivity index (χ2v) is 9.43. The molecule has 0 bridgehead atoms. The van der Waals surface area contributed by atoms with Crippen molar-refractivity contribution in [2.24, 2.45) is 0 Å². The summed E-state index contributed by atoms with van der Waals surface area (Å²) in [5, 5.41) is 4.68. The molecule has 1 saturated heterocycles. The van der Waals surface area contributed by atoms with Crippen LogP contribution in [0.25, 0.3) is 21.8 Å². The third-order valence-corrected chi connectivity index (χ3v) is 6.81. The first-order valence-electron chi connectivity index (χ1n) is 10.5. The van der Waals surface area contributed by atoms with Crippen molar-refractivity contribution in [2.45, 2.75) is 0 Å². The zero-order valence-corrected chi connectivity index (χ0v) is 20.6. The quantitative estimate of drug-likeness (QED) is 0.209. The van der Waals surface area contributed by atoms with Crippen LogP contribution < -0.4 is 10.1 Å². The fraction of sp³-hybridized carbons (Fsp3) is 0.160. The van der Waals surface area contributed by atoms with E-state index in [1.165, 1.54) is 0 Å². The number of amides is 1. The molecule has 1 aromatic heterocycles. The zero-order chi connectivity index (χ0) is 22.9. The second-order valence-electron chi connectivity index (χ2n) is 7.72. The number of para-hydroxylation sites is 2. The number of halogens is 2. The third kappa shape index (κ3) is 4.26. The molecule has 3 aromatic carbocycles. The number of nitrogens with one attached hydrogen (secondary N) is 1. The second kappa shape index (κ2) is 9.21. The highest BCUT2D eigenvalue weighted by atomic mass is 79.9. The van der Waals surface area contributed by atoms with E-state index < -0.39 is 5.97 Å². The molecule has 166 valence electrons. The Bertz CT molecular complexity index is 1320. The minimum atomic E-state index is -0.493. The molecule has 1 fully saturated rings. The summed E-state index contributed by atoms with van der Waals surface area (Å²) >= 11 is 6.98. The van der Waals surface area contributed by atoms with E-state index in [0.29, 0.717) is 38.9 Å². The highest BCUT2D eigenvalue weighted by Gasteiger charge is 2.23. The third-order valence-electron chi connectivity index (χ3n) is 5.64. The minimum Gasteiger partial charge on any atom is -0.420 e. The first kappa shape index (κ1) is 22.0. The molecule has 33 heavy (non-hydrogen) atoms. The van der Waals surface area contributed by atoms with Gasteiger partial charge >= 0.3 is 5.97 Å². The van der Waals surface area contributed by atoms with Gasteiger partial charge in [0.05, 0.1) is 25.5 Å². The Kier molecular flexibility index (Phi) is 6.14. The van der Waals surface area contributed by atoms with Crippen LogP contribution in [0.15, 0.2) is 69.6 Å². The summed E-state index contributed by atoms with van der Waals surface area (Å²) in [7, 11) is 0. The topological polar surface area (TPSA) is 71.5 Å². The number of pyridine rings is 1. The van der Waals surface area contributed by atoms with E-state index in [2.05, 4.69) is 42.2 Å². The normalized spacial score (nSPS) is 13.9. The maximum atomic E-state index is 13.4. The van der Waals surface area contributed by atoms with E-state index in [0.717, 1.165) is 34.9 Å². The molecule has 1 aliphatic rings. The number of hydrogen-bond donors (Lipinski definition) is 1. The molecule has 8 heteroatoms. The highest BCUT2D eigenvalue weighted by Crippen LogP contribution is 2.37. The average molecular weight is 569 g/mol. The first-order valence-corrected chi connectivity index (χ1v) is 12.1. The van der Waals surface area contributed by atoms with Gasteiger partial charge in [-0.3, -0.25) is 4.79 Å². The van der Waals surface area contributed by atoms with E-state index in [1.807, 2.05) is 53.4 Å². The largest absolute Gasteiger partial charge is 0.420 e. The van der Waals surface area contributed by atoms with Crippen LogP contribution in [0.4, 0.5) is 0 Å². The van der Waals surface area contributed by atoms with E-state index in [9.17, 15) is 9.59 Å². The molecule has 5 rings (SSSR count). The summed E-state index contributed by atoms with van der Waals surface area (Å²) < 4.78 is 6.90. The van der Waals surface area contributed by atoms with Crippen molar-refractivity contribution in [3.05, 3.63) is 80.7 Å². The van der Waals surface area contributed by atoms with Gasteiger partial charge in [-0.1, -0.05) is 36.4 Å². The number of fused-ring (bicyclic) bond motifs is 2. The van der Waals surface area contributed by atoms with Gasteiger partial charge in [0.2, 0.25) is 0 Å². The van der Waals surface area contributed by atoms with Gasteiger partial charge in [0.1, 0.15) is 0 Å². The molecule has 2 heterocycles. The molecule has 0 unspecified atom stereocenters. The van der Waals surface area contributed by atoms with Crippen molar-refractivity contribution in [1.82, 2.24) is 15.2 Å². The van der Waals surface area contributed by atoms with Crippen LogP contribution in [0.2, 0.25) is 0 Å². The lowest BCUT2D eigenvalue weighted by Gasteiger charge is -2.27. The Morgan fingerprint density at radius 2 is 1.42 bits per heavy atom. The minimum absolute atomic E-state index is 0.0538. The number of hydrogen-bond acceptors (Lipinski definition) is 5. The Balaban J connectivity index is 1.51. The Morgan fingerprint density at radius 3 is 2.00 bits per heavy atom. The number of piperazine rings is 1. The molecule has 0 radical (unpaired) electrons. The lowest BCUT2D eigenvalue weighted by Crippen LogP contribution is -2.46. The summed E-state index contributed by atoms with van der Waals surface area (Å²) in [4.78, 5) is 32.8. The van der Waals surface area contributed by atoms with E-state index in [-0.39, 0.29) is 5.91 Å². The van der Waals surface area contributed by atoms with E-state index in [4.69, 9.17) is 4.74 Å². The van der Waals surface area contributed by atoms with Gasteiger partial charge in [-0.25, -0.2) is 9.78 Å². The molecule has 4 aromatic rings. The highest BCUT2D eigenvalue weighted by molar-refractivity contribution is 9.11. The van der Waals surface area contributed by atoms with Crippen LogP contribution in [0, 0.1) is 0 Å². The van der Waals surface area contributed by atoms with Crippen LogP contribution >= 0.6 is 31.9 Å². The monoisotopic (exact) mass is 567 g/mol. The number of rotatable bonds is 3. The molecule has 0 aliphatic carbocycles. The predicted octanol–water partition coefficient (Wildman–Crippen LogP) is 5.18. The summed E-state index contributed by atoms with van der Waals surface area (Å²) in [5.41, 5.74) is 2.42. The number of esters is 1. The van der Waals surface area contributed by atoms with Crippen molar-refractivity contribution in [3.63, 3.8) is 0 Å². The molecular formula is C25H19Br2N3O3. The van der Waals surface area contributed by atoms with Gasteiger partial charge in [-0.05, 0) is 56.1 Å². The SMILES string of the molecule is O=C(Oc1c(Br)cc(C(=O)N2CCNCC2)cc1Br)c1c2ccccc2nc2ccccc12. The van der Waals surface area contributed by atoms with Crippen molar-refractivity contribution in [3.8, 4) is 5.75 Å². The van der Waals surface area contributed by atoms with Gasteiger partial charge in [-0.2, -0.15) is 0 Å². The number of aromatic nitrogens is 1. The summed E-state index contributed by atoms with van der Waals surface area (Å²) in [6, 6.07) is 18.4. The fourth-order valence-corrected chi connectivity index (χ4v) is 5.38. The number of benzene rings is 3. The van der Waals surface area contributed by atoms with E-state index in [1.54, 1.807) is 12.1 Å². The number of carbonyl (C=O) groups is 2. The van der Waals surface area contributed by atoms with Gasteiger partial charge in [0, 0.05) is 42.5 Å². The maximum Gasteiger partial charge on any atom is 0.344 e. The lowest BCUT2D eigenvalue weighted by molar-refractivity contribution is 0.0733. The molecule has 1 aliphatic heterocycles. The van der Waals surface area contributed by atoms with E-state index >= 15 is 0 Å². The van der Waals surface area contributed by atoms with Crippen LogP contribution in [-0.4, -0.2) is 47.9 Å². The maximum absolute atomic E-state index is 13.4. The Hall–Kier alpha value is -2.81. The van der Waals surface area contributed by atoms with Gasteiger partial charge < -0.3 is 15.0 Å². The molecular weight excluding hydrogens is 550 g/mol. The molecule has 6 nitrogen and oxygen atoms in total. The smallest absolute Gasteiger partial charge is 0.344 e. The number of nitrogens with zero attached hydrogens (tertiary/aromatic N) is 2. The standard InChI is InChI=1S/C25H19Br2N3O3/c26-18-13-15(24(31)30-11-9-28-10-12-30)14-19(27)23(18)33-25(32)22-16-5-1-3-7-20(16)29-21-8-4-2-6-17(21)22/h1-8,13-14,28H,9-12H2. The molecule has 0 atom stereocenters. The zero-order valence-electron chi connectivity index (χ0n) is 17.5. The van der Waals surface area contributed by atoms with Crippen LogP contribution in [0.5, 0.6) is 5.75 Å². The van der Waals surface area contributed by atoms with Crippen molar-refractivity contribution >= 4 is 65.5 Å². The molecule has 0 saturated carbocycles. The molecule has 1 amide bonds. The molecule has 1 N–H and O–H groups in total. The number of carbonyl (C=O) groups excluding carboxylic acids is 2. The lowest BCUT2D eigenvalue weighted by atomic mass is 10.0. The van der Waals surface area contributed by atoms with Crippen molar-refractivity contribution < 1.29 is 14.3 Å². The van der Waals surface area contributed by atoms with Crippen molar-refractivity contribution in [2.75, 3.05) is 26.2 Å². The fourth-order valence-electron chi connectivity index (χ4n) is 4.03. The summed E-state index contributed by atoms with van der Waals surface area (Å²) in [6.07, 6.45) is 0. The summed E-state index contributed by atoms with van der Waals surface area (Å²) in [5.74, 6) is -0.226. The number of ether oxygens (including phenoxy) is 1. The predicted molar refractivity (Wildman–Crippen MR) is 135 cm³/mol. The van der Waals surface area contributed by atoms with Gasteiger partial charge in [0.15, 0.2) is 5.75 Å².